The van der Waals surface area contributed by atoms with E-state index in [1.54, 1.807) is 12.1 Å². The summed E-state index contributed by atoms with van der Waals surface area (Å²) in [6.45, 7) is 0. The lowest BCUT2D eigenvalue weighted by Crippen LogP contribution is -2.46. The van der Waals surface area contributed by atoms with Crippen molar-refractivity contribution in [2.75, 3.05) is 0 Å². The molecule has 1 aromatic rings. The normalized spacial score (nSPS) is 18.9. The Labute approximate surface area is 74.8 Å². The Balaban J connectivity index is 2.76. The van der Waals surface area contributed by atoms with Crippen LogP contribution in [0.4, 0.5) is 0 Å². The predicted octanol–water partition coefficient (Wildman–Crippen LogP) is -0.377. The van der Waals surface area contributed by atoms with E-state index in [1.165, 1.54) is 12.1 Å². The van der Waals surface area contributed by atoms with Crippen LogP contribution < -0.4 is 10.3 Å². The van der Waals surface area contributed by atoms with Crippen molar-refractivity contribution in [1.29, 1.82) is 0 Å². The van der Waals surface area contributed by atoms with E-state index in [9.17, 15) is 13.2 Å². The van der Waals surface area contributed by atoms with Gasteiger partial charge >= 0.3 is 0 Å². The van der Waals surface area contributed by atoms with Crippen molar-refractivity contribution in [3.05, 3.63) is 29.8 Å². The molecule has 0 aromatic heterocycles. The molecule has 13 heavy (non-hydrogen) atoms. The summed E-state index contributed by atoms with van der Waals surface area (Å²) in [4.78, 5) is 13.1. The number of amides is 1. The number of rotatable bonds is 0. The molecule has 1 amide bonds. The molecule has 1 aliphatic heterocycles. The van der Waals surface area contributed by atoms with Gasteiger partial charge in [-0.3, -0.25) is 10.2 Å². The molecule has 0 atom stereocenters. The Morgan fingerprint density at radius 1 is 1.15 bits per heavy atom. The van der Waals surface area contributed by atoms with E-state index in [0.717, 1.165) is 0 Å². The van der Waals surface area contributed by atoms with Crippen LogP contribution in [0.1, 0.15) is 10.4 Å². The molecular formula is C7H6N2O3S. The molecule has 0 unspecified atom stereocenters. The van der Waals surface area contributed by atoms with E-state index in [1.807, 2.05) is 4.83 Å². The van der Waals surface area contributed by atoms with Gasteiger partial charge in [0.25, 0.3) is 15.9 Å². The van der Waals surface area contributed by atoms with Crippen molar-refractivity contribution in [1.82, 2.24) is 10.3 Å². The summed E-state index contributed by atoms with van der Waals surface area (Å²) >= 11 is 0. The van der Waals surface area contributed by atoms with Gasteiger partial charge in [0.05, 0.1) is 10.5 Å². The maximum Gasteiger partial charge on any atom is 0.267 e. The maximum atomic E-state index is 11.3. The molecule has 2 rings (SSSR count). The smallest absolute Gasteiger partial charge is 0.267 e. The van der Waals surface area contributed by atoms with E-state index in [0.29, 0.717) is 0 Å². The highest BCUT2D eigenvalue weighted by molar-refractivity contribution is 7.89. The van der Waals surface area contributed by atoms with Gasteiger partial charge < -0.3 is 0 Å². The van der Waals surface area contributed by atoms with Crippen molar-refractivity contribution >= 4 is 15.9 Å². The summed E-state index contributed by atoms with van der Waals surface area (Å²) in [5.41, 5.74) is 2.22. The Kier molecular flexibility index (Phi) is 1.61. The van der Waals surface area contributed by atoms with Crippen LogP contribution >= 0.6 is 0 Å². The van der Waals surface area contributed by atoms with Gasteiger partial charge in [0.15, 0.2) is 0 Å². The van der Waals surface area contributed by atoms with Crippen molar-refractivity contribution < 1.29 is 13.2 Å². The average Bonchev–Trinajstić information content (AvgIpc) is 2.13. The van der Waals surface area contributed by atoms with Crippen LogP contribution in [0.2, 0.25) is 0 Å². The van der Waals surface area contributed by atoms with Crippen LogP contribution in [0, 0.1) is 0 Å². The summed E-state index contributed by atoms with van der Waals surface area (Å²) in [5, 5.41) is 0. The van der Waals surface area contributed by atoms with E-state index in [4.69, 9.17) is 0 Å². The maximum absolute atomic E-state index is 11.3. The zero-order valence-electron chi connectivity index (χ0n) is 6.44. The van der Waals surface area contributed by atoms with Crippen LogP contribution in [0.25, 0.3) is 0 Å². The Morgan fingerprint density at radius 2 is 1.85 bits per heavy atom. The summed E-state index contributed by atoms with van der Waals surface area (Å²) in [5.74, 6) is -0.439. The minimum atomic E-state index is -3.56. The fourth-order valence-corrected chi connectivity index (χ4v) is 2.17. The number of nitrogens with one attached hydrogen (secondary N) is 2. The Hall–Kier alpha value is -1.40. The van der Waals surface area contributed by atoms with Gasteiger partial charge in [0, 0.05) is 0 Å². The van der Waals surface area contributed by atoms with Crippen molar-refractivity contribution in [3.63, 3.8) is 0 Å². The lowest BCUT2D eigenvalue weighted by Gasteiger charge is -2.16. The lowest BCUT2D eigenvalue weighted by molar-refractivity contribution is 0.0937. The molecule has 0 bridgehead atoms. The molecule has 0 spiro atoms. The van der Waals surface area contributed by atoms with Crippen LogP contribution in [0.5, 0.6) is 0 Å². The van der Waals surface area contributed by atoms with Crippen molar-refractivity contribution in [2.24, 2.45) is 0 Å². The number of benzene rings is 1. The van der Waals surface area contributed by atoms with E-state index < -0.39 is 15.9 Å². The van der Waals surface area contributed by atoms with Crippen LogP contribution in [0.15, 0.2) is 29.2 Å². The first-order valence-electron chi connectivity index (χ1n) is 3.52. The highest BCUT2D eigenvalue weighted by atomic mass is 32.2. The lowest BCUT2D eigenvalue weighted by atomic mass is 10.2. The zero-order valence-corrected chi connectivity index (χ0v) is 7.26. The Bertz CT molecular complexity index is 466. The molecular weight excluding hydrogens is 192 g/mol. The third kappa shape index (κ3) is 1.20. The molecule has 0 radical (unpaired) electrons. The molecule has 0 saturated carbocycles. The second-order valence-corrected chi connectivity index (χ2v) is 4.21. The second kappa shape index (κ2) is 2.54. The quantitative estimate of drug-likeness (QED) is 0.597. The van der Waals surface area contributed by atoms with E-state index >= 15 is 0 Å². The zero-order chi connectivity index (χ0) is 9.47. The first-order chi connectivity index (χ1) is 6.11. The number of hydrogen-bond donors (Lipinski definition) is 2. The number of hydrogen-bond acceptors (Lipinski definition) is 3. The van der Waals surface area contributed by atoms with Gasteiger partial charge in [-0.15, -0.1) is 4.83 Å². The average molecular weight is 198 g/mol. The van der Waals surface area contributed by atoms with Crippen molar-refractivity contribution in [3.8, 4) is 0 Å². The molecule has 0 fully saturated rings. The highest BCUT2D eigenvalue weighted by Gasteiger charge is 2.27. The predicted molar refractivity (Wildman–Crippen MR) is 44.2 cm³/mol. The second-order valence-electron chi connectivity index (χ2n) is 2.56. The number of sulfonamides is 1. The van der Waals surface area contributed by atoms with Gasteiger partial charge in [0.1, 0.15) is 0 Å². The van der Waals surface area contributed by atoms with Gasteiger partial charge in [-0.25, -0.2) is 8.42 Å². The van der Waals surface area contributed by atoms with Gasteiger partial charge in [-0.2, -0.15) is 0 Å². The first-order valence-corrected chi connectivity index (χ1v) is 5.01. The minimum absolute atomic E-state index is 0.0127. The third-order valence-electron chi connectivity index (χ3n) is 1.72. The number of carbonyl (C=O) groups is 1. The monoisotopic (exact) mass is 198 g/mol. The summed E-state index contributed by atoms with van der Waals surface area (Å²) in [6, 6.07) is 6.02. The van der Waals surface area contributed by atoms with Gasteiger partial charge in [-0.1, -0.05) is 12.1 Å². The third-order valence-corrected chi connectivity index (χ3v) is 3.03. The van der Waals surface area contributed by atoms with Crippen LogP contribution in [0.3, 0.4) is 0 Å². The first kappa shape index (κ1) is 8.21. The van der Waals surface area contributed by atoms with E-state index in [-0.39, 0.29) is 10.5 Å². The molecule has 0 saturated heterocycles. The van der Waals surface area contributed by atoms with Gasteiger partial charge in [0.2, 0.25) is 0 Å². The summed E-state index contributed by atoms with van der Waals surface area (Å²) < 4.78 is 22.6. The SMILES string of the molecule is O=C1NNS(=O)(=O)c2ccccc21. The molecule has 1 aromatic carbocycles. The number of fused-ring (bicyclic) bond motifs is 1. The highest BCUT2D eigenvalue weighted by Crippen LogP contribution is 2.17. The summed E-state index contributed by atoms with van der Waals surface area (Å²) in [6.07, 6.45) is 0. The topological polar surface area (TPSA) is 75.3 Å². The molecule has 6 heteroatoms. The van der Waals surface area contributed by atoms with E-state index in [2.05, 4.69) is 5.43 Å². The van der Waals surface area contributed by atoms with Crippen LogP contribution in [-0.2, 0) is 10.0 Å². The molecule has 68 valence electrons. The Morgan fingerprint density at radius 3 is 2.54 bits per heavy atom. The molecule has 1 heterocycles. The molecule has 2 N–H and O–H groups in total. The minimum Gasteiger partial charge on any atom is -0.273 e. The molecule has 1 aliphatic rings. The van der Waals surface area contributed by atoms with Crippen LogP contribution in [-0.4, -0.2) is 14.3 Å². The van der Waals surface area contributed by atoms with Crippen molar-refractivity contribution in [2.45, 2.75) is 4.90 Å². The largest absolute Gasteiger partial charge is 0.273 e. The standard InChI is InChI=1S/C7H6N2O3S/c10-7-5-3-1-2-4-6(5)13(11,12)9-8-7/h1-4,9H,(H,8,10). The molecule has 5 nitrogen and oxygen atoms in total. The number of hydrazine groups is 1. The summed E-state index contributed by atoms with van der Waals surface area (Å²) in [7, 11) is -3.56. The van der Waals surface area contributed by atoms with Gasteiger partial charge in [-0.05, 0) is 12.1 Å². The number of carbonyl (C=O) groups excluding carboxylic acids is 1. The fraction of sp³-hybridized carbons (Fsp3) is 0. The fourth-order valence-electron chi connectivity index (χ4n) is 1.12. The molecule has 0 aliphatic carbocycles.